The van der Waals surface area contributed by atoms with Crippen molar-refractivity contribution in [3.05, 3.63) is 89.7 Å². The Morgan fingerprint density at radius 3 is 2.66 bits per heavy atom. The topological polar surface area (TPSA) is 96.3 Å². The Labute approximate surface area is 216 Å². The number of aryl methyl sites for hydroxylation is 1. The minimum Gasteiger partial charge on any atom is -0.448 e. The molecule has 4 aromatic rings. The number of fused-ring (bicyclic) bond motifs is 1. The van der Waals surface area contributed by atoms with Crippen LogP contribution in [0.1, 0.15) is 22.9 Å². The molecule has 1 aliphatic heterocycles. The molecule has 0 saturated carbocycles. The van der Waals surface area contributed by atoms with Gasteiger partial charge in [0, 0.05) is 43.2 Å². The molecule has 2 N–H and O–H groups in total. The van der Waals surface area contributed by atoms with Gasteiger partial charge in [0.2, 0.25) is 18.1 Å². The fourth-order valence-electron chi connectivity index (χ4n) is 4.33. The number of benzene rings is 2. The SMILES string of the molecule is CNc1nccc(-c2cccnc2O[C@H]2c3ccc(C)cc3CC(=N)N2c2cccc(OC(F)(F)F)c2)n1. The number of rotatable bonds is 6. The number of nitrogens with one attached hydrogen (secondary N) is 2. The van der Waals surface area contributed by atoms with E-state index >= 15 is 0 Å². The lowest BCUT2D eigenvalue weighted by Gasteiger charge is -2.39. The zero-order valence-corrected chi connectivity index (χ0v) is 20.5. The van der Waals surface area contributed by atoms with Crippen LogP contribution in [0.15, 0.2) is 73.1 Å². The van der Waals surface area contributed by atoms with Gasteiger partial charge in [-0.15, -0.1) is 13.2 Å². The summed E-state index contributed by atoms with van der Waals surface area (Å²) in [7, 11) is 1.71. The number of aromatic nitrogens is 3. The first kappa shape index (κ1) is 25.0. The summed E-state index contributed by atoms with van der Waals surface area (Å²) in [5, 5.41) is 11.7. The molecule has 3 heterocycles. The third kappa shape index (κ3) is 5.22. The summed E-state index contributed by atoms with van der Waals surface area (Å²) in [4.78, 5) is 14.6. The molecule has 0 saturated heterocycles. The number of amidine groups is 1. The van der Waals surface area contributed by atoms with E-state index in [1.54, 1.807) is 48.6 Å². The lowest BCUT2D eigenvalue weighted by Crippen LogP contribution is -2.43. The van der Waals surface area contributed by atoms with E-state index in [0.717, 1.165) is 16.7 Å². The summed E-state index contributed by atoms with van der Waals surface area (Å²) in [5.41, 5.74) is 4.13. The van der Waals surface area contributed by atoms with E-state index in [1.807, 2.05) is 25.1 Å². The van der Waals surface area contributed by atoms with Crippen molar-refractivity contribution < 1.29 is 22.6 Å². The molecule has 2 aromatic carbocycles. The maximum atomic E-state index is 12.9. The number of ether oxygens (including phenoxy) is 2. The van der Waals surface area contributed by atoms with Crippen molar-refractivity contribution in [2.24, 2.45) is 0 Å². The predicted molar refractivity (Wildman–Crippen MR) is 136 cm³/mol. The van der Waals surface area contributed by atoms with E-state index in [-0.39, 0.29) is 18.1 Å². The smallest absolute Gasteiger partial charge is 0.448 e. The first-order valence-corrected chi connectivity index (χ1v) is 11.7. The van der Waals surface area contributed by atoms with Gasteiger partial charge in [0.1, 0.15) is 11.6 Å². The summed E-state index contributed by atoms with van der Waals surface area (Å²) in [6.45, 7) is 1.95. The van der Waals surface area contributed by atoms with Crippen LogP contribution in [-0.2, 0) is 6.42 Å². The van der Waals surface area contributed by atoms with E-state index in [4.69, 9.17) is 10.1 Å². The van der Waals surface area contributed by atoms with Crippen molar-refractivity contribution in [1.82, 2.24) is 15.0 Å². The molecule has 0 amide bonds. The molecule has 5 rings (SSSR count). The van der Waals surface area contributed by atoms with Crippen LogP contribution in [0.5, 0.6) is 11.6 Å². The van der Waals surface area contributed by atoms with Gasteiger partial charge in [0.05, 0.1) is 11.3 Å². The summed E-state index contributed by atoms with van der Waals surface area (Å²) in [6.07, 6.45) is -2.29. The maximum absolute atomic E-state index is 12.9. The summed E-state index contributed by atoms with van der Waals surface area (Å²) < 4.78 is 49.4. The van der Waals surface area contributed by atoms with Gasteiger partial charge >= 0.3 is 6.36 Å². The number of hydrogen-bond acceptors (Lipinski definition) is 7. The lowest BCUT2D eigenvalue weighted by atomic mass is 9.94. The highest BCUT2D eigenvalue weighted by molar-refractivity contribution is 5.99. The molecular formula is C27H23F3N6O2. The molecule has 11 heteroatoms. The molecule has 1 aliphatic rings. The Morgan fingerprint density at radius 1 is 1.03 bits per heavy atom. The number of nitrogens with zero attached hydrogens (tertiary/aromatic N) is 4. The molecule has 38 heavy (non-hydrogen) atoms. The Morgan fingerprint density at radius 2 is 1.87 bits per heavy atom. The van der Waals surface area contributed by atoms with Gasteiger partial charge in [-0.1, -0.05) is 29.8 Å². The molecular weight excluding hydrogens is 497 g/mol. The predicted octanol–water partition coefficient (Wildman–Crippen LogP) is 5.90. The van der Waals surface area contributed by atoms with Crippen molar-refractivity contribution >= 4 is 17.5 Å². The lowest BCUT2D eigenvalue weighted by molar-refractivity contribution is -0.274. The van der Waals surface area contributed by atoms with E-state index in [1.165, 1.54) is 18.2 Å². The molecule has 0 radical (unpaired) electrons. The van der Waals surface area contributed by atoms with Crippen LogP contribution < -0.4 is 19.7 Å². The third-order valence-electron chi connectivity index (χ3n) is 5.93. The maximum Gasteiger partial charge on any atom is 0.573 e. The zero-order chi connectivity index (χ0) is 26.9. The Kier molecular flexibility index (Phi) is 6.58. The summed E-state index contributed by atoms with van der Waals surface area (Å²) >= 11 is 0. The van der Waals surface area contributed by atoms with Gasteiger partial charge < -0.3 is 14.8 Å². The monoisotopic (exact) mass is 520 g/mol. The average molecular weight is 521 g/mol. The normalized spacial score (nSPS) is 15.1. The van der Waals surface area contributed by atoms with Gasteiger partial charge in [-0.3, -0.25) is 10.3 Å². The molecule has 0 bridgehead atoms. The number of halogens is 3. The summed E-state index contributed by atoms with van der Waals surface area (Å²) in [5.74, 6) is 0.414. The van der Waals surface area contributed by atoms with Gasteiger partial charge in [0.15, 0.2) is 0 Å². The highest BCUT2D eigenvalue weighted by Crippen LogP contribution is 2.40. The second kappa shape index (κ2) is 10.0. The zero-order valence-electron chi connectivity index (χ0n) is 20.5. The van der Waals surface area contributed by atoms with E-state index in [0.29, 0.717) is 22.9 Å². The average Bonchev–Trinajstić information content (AvgIpc) is 2.88. The fraction of sp³-hybridized carbons (Fsp3) is 0.185. The minimum absolute atomic E-state index is 0.147. The van der Waals surface area contributed by atoms with Crippen LogP contribution in [0.4, 0.5) is 24.8 Å². The van der Waals surface area contributed by atoms with Crippen LogP contribution >= 0.6 is 0 Å². The van der Waals surface area contributed by atoms with Crippen molar-refractivity contribution in [3.63, 3.8) is 0 Å². The molecule has 0 spiro atoms. The molecule has 0 aliphatic carbocycles. The van der Waals surface area contributed by atoms with Crippen LogP contribution in [0.2, 0.25) is 0 Å². The molecule has 194 valence electrons. The molecule has 0 fully saturated rings. The van der Waals surface area contributed by atoms with Crippen LogP contribution in [0.3, 0.4) is 0 Å². The van der Waals surface area contributed by atoms with Crippen molar-refractivity contribution in [2.45, 2.75) is 25.9 Å². The van der Waals surface area contributed by atoms with Gasteiger partial charge in [0.25, 0.3) is 0 Å². The minimum atomic E-state index is -4.85. The highest BCUT2D eigenvalue weighted by atomic mass is 19.4. The largest absolute Gasteiger partial charge is 0.573 e. The van der Waals surface area contributed by atoms with Crippen molar-refractivity contribution in [2.75, 3.05) is 17.3 Å². The number of pyridine rings is 1. The summed E-state index contributed by atoms with van der Waals surface area (Å²) in [6, 6.07) is 16.6. The molecule has 0 unspecified atom stereocenters. The van der Waals surface area contributed by atoms with Crippen LogP contribution in [0.25, 0.3) is 11.3 Å². The first-order valence-electron chi connectivity index (χ1n) is 11.7. The van der Waals surface area contributed by atoms with Gasteiger partial charge in [-0.25, -0.2) is 15.0 Å². The Bertz CT molecular complexity index is 1490. The quantitative estimate of drug-likeness (QED) is 0.327. The highest BCUT2D eigenvalue weighted by Gasteiger charge is 2.35. The molecule has 8 nitrogen and oxygen atoms in total. The first-order chi connectivity index (χ1) is 18.2. The Hall–Kier alpha value is -4.67. The number of hydrogen-bond donors (Lipinski definition) is 2. The fourth-order valence-corrected chi connectivity index (χ4v) is 4.33. The van der Waals surface area contributed by atoms with Crippen LogP contribution in [0, 0.1) is 12.3 Å². The second-order valence-electron chi connectivity index (χ2n) is 8.58. The standard InChI is InChI=1S/C27H23F3N6O2/c1-16-8-9-20-17(13-16)14-23(31)36(18-5-3-6-19(15-18)38-27(28,29)30)25(20)37-24-21(7-4-11-33-24)22-10-12-34-26(32-2)35-22/h3-13,15,25,31H,14H2,1-2H3,(H,32,34,35)/t25-/m0/s1. The van der Waals surface area contributed by atoms with E-state index in [2.05, 4.69) is 25.0 Å². The third-order valence-corrected chi connectivity index (χ3v) is 5.93. The van der Waals surface area contributed by atoms with E-state index < -0.39 is 18.3 Å². The van der Waals surface area contributed by atoms with Gasteiger partial charge in [-0.05, 0) is 42.8 Å². The van der Waals surface area contributed by atoms with E-state index in [9.17, 15) is 13.2 Å². The number of anilines is 2. The molecule has 1 atom stereocenters. The molecule has 2 aromatic heterocycles. The van der Waals surface area contributed by atoms with Crippen LogP contribution in [-0.4, -0.2) is 34.2 Å². The van der Waals surface area contributed by atoms with Crippen molar-refractivity contribution in [1.29, 1.82) is 5.41 Å². The van der Waals surface area contributed by atoms with Crippen molar-refractivity contribution in [3.8, 4) is 22.9 Å². The van der Waals surface area contributed by atoms with Gasteiger partial charge in [-0.2, -0.15) is 0 Å². The second-order valence-corrected chi connectivity index (χ2v) is 8.58. The number of alkyl halides is 3. The Balaban J connectivity index is 1.60.